The van der Waals surface area contributed by atoms with E-state index in [0.29, 0.717) is 12.1 Å². The number of esters is 1. The number of carbonyl (C=O) groups is 1. The van der Waals surface area contributed by atoms with Crippen LogP contribution in [0.5, 0.6) is 5.75 Å². The van der Waals surface area contributed by atoms with E-state index in [0.717, 1.165) is 15.9 Å². The first-order valence-corrected chi connectivity index (χ1v) is 6.20. The first kappa shape index (κ1) is 14.6. The highest BCUT2D eigenvalue weighted by Gasteiger charge is 2.02. The van der Waals surface area contributed by atoms with E-state index in [1.54, 1.807) is 20.1 Å². The number of rotatable bonds is 5. The number of halogens is 1. The second kappa shape index (κ2) is 7.06. The average Bonchev–Trinajstić information content (AvgIpc) is 2.37. The molecule has 1 aromatic rings. The molecule has 0 aliphatic rings. The third-order valence-electron chi connectivity index (χ3n) is 2.37. The molecule has 0 atom stereocenters. The van der Waals surface area contributed by atoms with Gasteiger partial charge in [0.25, 0.3) is 0 Å². The summed E-state index contributed by atoms with van der Waals surface area (Å²) in [5.74, 6) is 0.467. The number of anilines is 1. The van der Waals surface area contributed by atoms with Crippen molar-refractivity contribution in [2.75, 3.05) is 26.1 Å². The van der Waals surface area contributed by atoms with E-state index in [2.05, 4.69) is 26.0 Å². The molecule has 0 saturated carbocycles. The molecular weight excluding hydrogens is 298 g/mol. The van der Waals surface area contributed by atoms with Crippen molar-refractivity contribution < 1.29 is 14.3 Å². The molecule has 4 nitrogen and oxygen atoms in total. The van der Waals surface area contributed by atoms with Crippen molar-refractivity contribution in [1.29, 1.82) is 0 Å². The van der Waals surface area contributed by atoms with Crippen molar-refractivity contribution in [1.82, 2.24) is 0 Å². The van der Waals surface area contributed by atoms with Crippen molar-refractivity contribution in [3.05, 3.63) is 34.3 Å². The van der Waals surface area contributed by atoms with E-state index in [1.165, 1.54) is 7.11 Å². The smallest absolute Gasteiger partial charge is 0.333 e. The van der Waals surface area contributed by atoms with Crippen molar-refractivity contribution in [3.63, 3.8) is 0 Å². The number of methoxy groups -OCH3 is 2. The van der Waals surface area contributed by atoms with Gasteiger partial charge in [-0.3, -0.25) is 0 Å². The molecule has 98 valence electrons. The van der Waals surface area contributed by atoms with Crippen molar-refractivity contribution in [2.24, 2.45) is 0 Å². The van der Waals surface area contributed by atoms with E-state index >= 15 is 0 Å². The zero-order chi connectivity index (χ0) is 13.5. The van der Waals surface area contributed by atoms with Crippen molar-refractivity contribution in [2.45, 2.75) is 6.92 Å². The summed E-state index contributed by atoms with van der Waals surface area (Å²) in [7, 11) is 2.99. The molecule has 0 heterocycles. The Bertz CT molecular complexity index is 458. The van der Waals surface area contributed by atoms with Crippen LogP contribution >= 0.6 is 15.9 Å². The van der Waals surface area contributed by atoms with Crippen LogP contribution in [0, 0.1) is 0 Å². The predicted molar refractivity (Wildman–Crippen MR) is 75.0 cm³/mol. The number of hydrogen-bond donors (Lipinski definition) is 1. The van der Waals surface area contributed by atoms with E-state index in [4.69, 9.17) is 4.74 Å². The van der Waals surface area contributed by atoms with E-state index in [-0.39, 0.29) is 5.97 Å². The Morgan fingerprint density at radius 1 is 1.44 bits per heavy atom. The molecule has 18 heavy (non-hydrogen) atoms. The lowest BCUT2D eigenvalue weighted by Gasteiger charge is -2.07. The second-order valence-electron chi connectivity index (χ2n) is 3.61. The SMILES string of the molecule is COC(=O)/C(C)=C/CNc1ccc(OC)c(Br)c1. The van der Waals surface area contributed by atoms with Gasteiger partial charge in [-0.25, -0.2) is 4.79 Å². The number of carbonyl (C=O) groups excluding carboxylic acids is 1. The minimum absolute atomic E-state index is 0.312. The van der Waals surface area contributed by atoms with Gasteiger partial charge in [0, 0.05) is 17.8 Å². The summed E-state index contributed by atoms with van der Waals surface area (Å²) in [6.07, 6.45) is 1.78. The fraction of sp³-hybridized carbons (Fsp3) is 0.308. The summed E-state index contributed by atoms with van der Waals surface area (Å²) in [5, 5.41) is 3.18. The van der Waals surface area contributed by atoms with Gasteiger partial charge in [0.15, 0.2) is 0 Å². The number of nitrogens with one attached hydrogen (secondary N) is 1. The van der Waals surface area contributed by atoms with Crippen LogP contribution in [-0.2, 0) is 9.53 Å². The summed E-state index contributed by atoms with van der Waals surface area (Å²) < 4.78 is 10.6. The van der Waals surface area contributed by atoms with Gasteiger partial charge < -0.3 is 14.8 Å². The number of ether oxygens (including phenoxy) is 2. The van der Waals surface area contributed by atoms with Crippen LogP contribution in [0.1, 0.15) is 6.92 Å². The molecule has 0 aliphatic carbocycles. The molecule has 0 aliphatic heterocycles. The Balaban J connectivity index is 2.59. The summed E-state index contributed by atoms with van der Waals surface area (Å²) in [6.45, 7) is 2.27. The Kier molecular flexibility index (Phi) is 5.71. The Morgan fingerprint density at radius 3 is 2.72 bits per heavy atom. The Morgan fingerprint density at radius 2 is 2.17 bits per heavy atom. The van der Waals surface area contributed by atoms with Gasteiger partial charge in [-0.15, -0.1) is 0 Å². The fourth-order valence-corrected chi connectivity index (χ4v) is 1.88. The summed E-state index contributed by atoms with van der Waals surface area (Å²) in [6, 6.07) is 5.69. The van der Waals surface area contributed by atoms with Crippen LogP contribution in [0.15, 0.2) is 34.3 Å². The normalized spacial score (nSPS) is 11.0. The standard InChI is InChI=1S/C13H16BrNO3/c1-9(13(16)18-3)6-7-15-10-4-5-12(17-2)11(14)8-10/h4-6,8,15H,7H2,1-3H3/b9-6+. The minimum Gasteiger partial charge on any atom is -0.496 e. The molecule has 5 heteroatoms. The molecule has 0 radical (unpaired) electrons. The molecule has 0 amide bonds. The molecule has 0 saturated heterocycles. The van der Waals surface area contributed by atoms with Crippen LogP contribution in [0.2, 0.25) is 0 Å². The van der Waals surface area contributed by atoms with E-state index in [9.17, 15) is 4.79 Å². The molecule has 0 spiro atoms. The van der Waals surface area contributed by atoms with E-state index < -0.39 is 0 Å². The molecule has 0 unspecified atom stereocenters. The molecular formula is C13H16BrNO3. The lowest BCUT2D eigenvalue weighted by Crippen LogP contribution is -2.05. The van der Waals surface area contributed by atoms with Crippen molar-refractivity contribution >= 4 is 27.6 Å². The maximum atomic E-state index is 11.1. The third kappa shape index (κ3) is 4.07. The van der Waals surface area contributed by atoms with Gasteiger partial charge in [0.2, 0.25) is 0 Å². The highest BCUT2D eigenvalue weighted by molar-refractivity contribution is 9.10. The third-order valence-corrected chi connectivity index (χ3v) is 2.99. The van der Waals surface area contributed by atoms with Gasteiger partial charge in [-0.1, -0.05) is 6.08 Å². The predicted octanol–water partition coefficient (Wildman–Crippen LogP) is 2.99. The maximum Gasteiger partial charge on any atom is 0.333 e. The van der Waals surface area contributed by atoms with Crippen LogP contribution in [0.3, 0.4) is 0 Å². The van der Waals surface area contributed by atoms with E-state index in [1.807, 2.05) is 18.2 Å². The molecule has 1 rings (SSSR count). The summed E-state index contributed by atoms with van der Waals surface area (Å²) in [5.41, 5.74) is 1.52. The number of benzene rings is 1. The topological polar surface area (TPSA) is 47.6 Å². The van der Waals surface area contributed by atoms with Gasteiger partial charge in [-0.05, 0) is 41.1 Å². The highest BCUT2D eigenvalue weighted by Crippen LogP contribution is 2.27. The monoisotopic (exact) mass is 313 g/mol. The molecule has 1 N–H and O–H groups in total. The Labute approximate surface area is 115 Å². The zero-order valence-electron chi connectivity index (χ0n) is 10.6. The van der Waals surface area contributed by atoms with Crippen LogP contribution < -0.4 is 10.1 Å². The summed E-state index contributed by atoms with van der Waals surface area (Å²) >= 11 is 3.41. The Hall–Kier alpha value is -1.49. The van der Waals surface area contributed by atoms with Gasteiger partial charge in [0.05, 0.1) is 18.7 Å². The molecule has 0 bridgehead atoms. The van der Waals surface area contributed by atoms with Crippen LogP contribution in [-0.4, -0.2) is 26.7 Å². The maximum absolute atomic E-state index is 11.1. The molecule has 0 aromatic heterocycles. The zero-order valence-corrected chi connectivity index (χ0v) is 12.2. The minimum atomic E-state index is -0.312. The van der Waals surface area contributed by atoms with Crippen LogP contribution in [0.4, 0.5) is 5.69 Å². The van der Waals surface area contributed by atoms with Gasteiger partial charge in [0.1, 0.15) is 5.75 Å². The van der Waals surface area contributed by atoms with Gasteiger partial charge >= 0.3 is 5.97 Å². The molecule has 1 aromatic carbocycles. The lowest BCUT2D eigenvalue weighted by atomic mass is 10.2. The van der Waals surface area contributed by atoms with Crippen molar-refractivity contribution in [3.8, 4) is 5.75 Å². The fourth-order valence-electron chi connectivity index (χ4n) is 1.34. The number of hydrogen-bond acceptors (Lipinski definition) is 4. The highest BCUT2D eigenvalue weighted by atomic mass is 79.9. The van der Waals surface area contributed by atoms with Crippen LogP contribution in [0.25, 0.3) is 0 Å². The lowest BCUT2D eigenvalue weighted by molar-refractivity contribution is -0.136. The largest absolute Gasteiger partial charge is 0.496 e. The average molecular weight is 314 g/mol. The van der Waals surface area contributed by atoms with Gasteiger partial charge in [-0.2, -0.15) is 0 Å². The summed E-state index contributed by atoms with van der Waals surface area (Å²) in [4.78, 5) is 11.1. The molecule has 0 fully saturated rings. The first-order chi connectivity index (χ1) is 8.58. The first-order valence-electron chi connectivity index (χ1n) is 5.41. The quantitative estimate of drug-likeness (QED) is 0.670. The second-order valence-corrected chi connectivity index (χ2v) is 4.46.